The highest BCUT2D eigenvalue weighted by Gasteiger charge is 2.29. The van der Waals surface area contributed by atoms with Gasteiger partial charge in [-0.05, 0) is 37.3 Å². The molecule has 112 valence electrons. The molecule has 0 radical (unpaired) electrons. The number of amides is 1. The number of rotatable bonds is 3. The van der Waals surface area contributed by atoms with Crippen LogP contribution in [0, 0.1) is 0 Å². The molecular formula is C15H17ClN2OS2. The molecule has 3 rings (SSSR count). The minimum Gasteiger partial charge on any atom is -0.397 e. The fraction of sp³-hybridized carbons (Fsp3) is 0.400. The Balaban J connectivity index is 1.86. The first kappa shape index (κ1) is 15.0. The molecule has 1 aromatic heterocycles. The third-order valence-corrected chi connectivity index (χ3v) is 6.56. The van der Waals surface area contributed by atoms with Crippen molar-refractivity contribution in [1.29, 1.82) is 0 Å². The number of halogens is 1. The maximum Gasteiger partial charge on any atom is 0.263 e. The predicted octanol–water partition coefficient (Wildman–Crippen LogP) is 4.15. The fourth-order valence-electron chi connectivity index (χ4n) is 2.86. The van der Waals surface area contributed by atoms with Crippen LogP contribution in [-0.2, 0) is 0 Å². The van der Waals surface area contributed by atoms with Crippen molar-refractivity contribution < 1.29 is 4.79 Å². The van der Waals surface area contributed by atoms with E-state index in [2.05, 4.69) is 11.6 Å². The van der Waals surface area contributed by atoms with Gasteiger partial charge in [0, 0.05) is 26.4 Å². The number of hydrogen-bond donors (Lipinski definition) is 2. The zero-order valence-electron chi connectivity index (χ0n) is 11.7. The number of nitrogen functional groups attached to an aromatic ring is 1. The molecule has 1 heterocycles. The first-order chi connectivity index (χ1) is 10.1. The normalized spacial score (nSPS) is 21.8. The smallest absolute Gasteiger partial charge is 0.263 e. The van der Waals surface area contributed by atoms with Crippen LogP contribution in [0.4, 0.5) is 5.69 Å². The van der Waals surface area contributed by atoms with Crippen LogP contribution in [0.5, 0.6) is 0 Å². The second-order valence-corrected chi connectivity index (χ2v) is 7.84. The fourth-order valence-corrected chi connectivity index (χ4v) is 4.98. The molecule has 6 heteroatoms. The molecule has 0 saturated heterocycles. The third kappa shape index (κ3) is 2.87. The number of thioether (sulfide) groups is 1. The lowest BCUT2D eigenvalue weighted by atomic mass is 10.2. The highest BCUT2D eigenvalue weighted by Crippen LogP contribution is 2.36. The van der Waals surface area contributed by atoms with Crippen molar-refractivity contribution in [3.05, 3.63) is 28.1 Å². The zero-order chi connectivity index (χ0) is 15.0. The van der Waals surface area contributed by atoms with Crippen LogP contribution in [0.25, 0.3) is 10.1 Å². The Bertz CT molecular complexity index is 686. The van der Waals surface area contributed by atoms with E-state index in [1.807, 2.05) is 30.0 Å². The van der Waals surface area contributed by atoms with E-state index >= 15 is 0 Å². The van der Waals surface area contributed by atoms with Gasteiger partial charge in [0.25, 0.3) is 5.91 Å². The lowest BCUT2D eigenvalue weighted by Crippen LogP contribution is -2.38. The van der Waals surface area contributed by atoms with E-state index in [1.165, 1.54) is 24.2 Å². The molecule has 1 aromatic carbocycles. The lowest BCUT2D eigenvalue weighted by molar-refractivity contribution is 0.0943. The number of nitrogens with two attached hydrogens (primary N) is 1. The number of carbonyl (C=O) groups excluding carboxylic acids is 1. The van der Waals surface area contributed by atoms with Gasteiger partial charge in [0.05, 0.1) is 5.69 Å². The molecular weight excluding hydrogens is 324 g/mol. The lowest BCUT2D eigenvalue weighted by Gasteiger charge is -2.18. The molecule has 2 atom stereocenters. The molecule has 2 aromatic rings. The van der Waals surface area contributed by atoms with Gasteiger partial charge in [0.15, 0.2) is 0 Å². The van der Waals surface area contributed by atoms with Crippen molar-refractivity contribution in [1.82, 2.24) is 5.32 Å². The third-order valence-electron chi connectivity index (χ3n) is 3.97. The number of nitrogens with one attached hydrogen (secondary N) is 1. The maximum atomic E-state index is 12.5. The van der Waals surface area contributed by atoms with Gasteiger partial charge in [-0.15, -0.1) is 11.3 Å². The van der Waals surface area contributed by atoms with Crippen molar-refractivity contribution in [3.8, 4) is 0 Å². The maximum absolute atomic E-state index is 12.5. The summed E-state index contributed by atoms with van der Waals surface area (Å²) in [6.45, 7) is 0. The summed E-state index contributed by atoms with van der Waals surface area (Å²) in [5, 5.41) is 5.17. The predicted molar refractivity (Wildman–Crippen MR) is 93.7 cm³/mol. The summed E-state index contributed by atoms with van der Waals surface area (Å²) in [6.07, 6.45) is 5.50. The zero-order valence-corrected chi connectivity index (χ0v) is 14.1. The van der Waals surface area contributed by atoms with Crippen LogP contribution >= 0.6 is 34.7 Å². The van der Waals surface area contributed by atoms with E-state index < -0.39 is 0 Å². The molecule has 0 spiro atoms. The molecule has 21 heavy (non-hydrogen) atoms. The van der Waals surface area contributed by atoms with E-state index in [0.717, 1.165) is 16.5 Å². The van der Waals surface area contributed by atoms with Gasteiger partial charge in [0.1, 0.15) is 4.88 Å². The number of benzene rings is 1. The second-order valence-electron chi connectivity index (χ2n) is 5.27. The van der Waals surface area contributed by atoms with E-state index in [-0.39, 0.29) is 11.9 Å². The molecule has 1 saturated carbocycles. The molecule has 1 aliphatic rings. The minimum atomic E-state index is -0.0595. The van der Waals surface area contributed by atoms with Crippen LogP contribution in [0.2, 0.25) is 5.02 Å². The monoisotopic (exact) mass is 340 g/mol. The molecule has 1 fully saturated rings. The molecule has 1 amide bonds. The van der Waals surface area contributed by atoms with Gasteiger partial charge < -0.3 is 11.1 Å². The van der Waals surface area contributed by atoms with Crippen LogP contribution in [-0.4, -0.2) is 23.5 Å². The standard InChI is InChI=1S/C15H17ClN2OS2/c1-20-12-4-2-3-10(12)18-15(19)14-13(17)9-7-8(16)5-6-11(9)21-14/h5-7,10,12H,2-4,17H2,1H3,(H,18,19). The topological polar surface area (TPSA) is 55.1 Å². The van der Waals surface area contributed by atoms with Gasteiger partial charge in [-0.25, -0.2) is 0 Å². The Morgan fingerprint density at radius 3 is 3.05 bits per heavy atom. The van der Waals surface area contributed by atoms with Crippen molar-refractivity contribution >= 4 is 56.4 Å². The summed E-state index contributed by atoms with van der Waals surface area (Å²) in [5.74, 6) is -0.0595. The quantitative estimate of drug-likeness (QED) is 0.882. The van der Waals surface area contributed by atoms with Gasteiger partial charge in [-0.1, -0.05) is 18.0 Å². The summed E-state index contributed by atoms with van der Waals surface area (Å²) in [5.41, 5.74) is 6.67. The van der Waals surface area contributed by atoms with Crippen LogP contribution in [0.3, 0.4) is 0 Å². The Hall–Kier alpha value is -0.910. The number of thiophene rings is 1. The number of hydrogen-bond acceptors (Lipinski definition) is 4. The Kier molecular flexibility index (Phi) is 4.33. The Labute approximate surface area is 137 Å². The molecule has 0 aliphatic heterocycles. The van der Waals surface area contributed by atoms with Gasteiger partial charge in [0.2, 0.25) is 0 Å². The average Bonchev–Trinajstić information content (AvgIpc) is 3.04. The molecule has 1 aliphatic carbocycles. The van der Waals surface area contributed by atoms with Gasteiger partial charge in [-0.3, -0.25) is 4.79 Å². The number of fused-ring (bicyclic) bond motifs is 1. The minimum absolute atomic E-state index is 0.0595. The first-order valence-corrected chi connectivity index (χ1v) is 9.39. The summed E-state index contributed by atoms with van der Waals surface area (Å²) < 4.78 is 0.995. The van der Waals surface area contributed by atoms with Crippen molar-refractivity contribution in [2.75, 3.05) is 12.0 Å². The average molecular weight is 341 g/mol. The number of anilines is 1. The highest BCUT2D eigenvalue weighted by atomic mass is 35.5. The van der Waals surface area contributed by atoms with E-state index in [4.69, 9.17) is 17.3 Å². The summed E-state index contributed by atoms with van der Waals surface area (Å²) in [4.78, 5) is 13.1. The van der Waals surface area contributed by atoms with E-state index in [1.54, 1.807) is 0 Å². The van der Waals surface area contributed by atoms with Crippen molar-refractivity contribution in [2.45, 2.75) is 30.6 Å². The van der Waals surface area contributed by atoms with Gasteiger partial charge >= 0.3 is 0 Å². The SMILES string of the molecule is CSC1CCCC1NC(=O)c1sc2ccc(Cl)cc2c1N. The molecule has 0 bridgehead atoms. The van der Waals surface area contributed by atoms with E-state index in [9.17, 15) is 4.79 Å². The largest absolute Gasteiger partial charge is 0.397 e. The first-order valence-electron chi connectivity index (χ1n) is 6.91. The summed E-state index contributed by atoms with van der Waals surface area (Å²) >= 11 is 9.26. The Morgan fingerprint density at radius 1 is 1.48 bits per heavy atom. The highest BCUT2D eigenvalue weighted by molar-refractivity contribution is 7.99. The second kappa shape index (κ2) is 6.07. The molecule has 2 unspecified atom stereocenters. The van der Waals surface area contributed by atoms with Crippen LogP contribution < -0.4 is 11.1 Å². The van der Waals surface area contributed by atoms with Crippen molar-refractivity contribution in [3.63, 3.8) is 0 Å². The van der Waals surface area contributed by atoms with Crippen LogP contribution in [0.1, 0.15) is 28.9 Å². The van der Waals surface area contributed by atoms with E-state index in [0.29, 0.717) is 20.8 Å². The summed E-state index contributed by atoms with van der Waals surface area (Å²) in [6, 6.07) is 5.80. The molecule has 3 N–H and O–H groups in total. The molecule has 3 nitrogen and oxygen atoms in total. The van der Waals surface area contributed by atoms with Crippen molar-refractivity contribution in [2.24, 2.45) is 0 Å². The van der Waals surface area contributed by atoms with Crippen LogP contribution in [0.15, 0.2) is 18.2 Å². The Morgan fingerprint density at radius 2 is 2.29 bits per heavy atom. The number of carbonyl (C=O) groups is 1. The van der Waals surface area contributed by atoms with Gasteiger partial charge in [-0.2, -0.15) is 11.8 Å². The summed E-state index contributed by atoms with van der Waals surface area (Å²) in [7, 11) is 0.